The maximum absolute atomic E-state index is 11.8. The molecule has 6 heteroatoms. The van der Waals surface area contributed by atoms with Crippen LogP contribution in [0.25, 0.3) is 0 Å². The third-order valence-electron chi connectivity index (χ3n) is 3.02. The third kappa shape index (κ3) is 6.53. The van der Waals surface area contributed by atoms with Crippen molar-refractivity contribution in [3.05, 3.63) is 29.8 Å². The van der Waals surface area contributed by atoms with E-state index in [-0.39, 0.29) is 12.3 Å². The van der Waals surface area contributed by atoms with Gasteiger partial charge in [0.05, 0.1) is 7.11 Å². The normalized spacial score (nSPS) is 11.7. The van der Waals surface area contributed by atoms with Crippen molar-refractivity contribution in [2.45, 2.75) is 25.3 Å². The number of benzene rings is 1. The average molecular weight is 311 g/mol. The van der Waals surface area contributed by atoms with Gasteiger partial charge in [-0.15, -0.1) is 0 Å². The van der Waals surface area contributed by atoms with Gasteiger partial charge in [-0.3, -0.25) is 4.79 Å². The van der Waals surface area contributed by atoms with Crippen LogP contribution in [0.5, 0.6) is 5.75 Å². The summed E-state index contributed by atoms with van der Waals surface area (Å²) in [4.78, 5) is 22.9. The van der Waals surface area contributed by atoms with Crippen LogP contribution < -0.4 is 10.1 Å². The van der Waals surface area contributed by atoms with E-state index in [0.29, 0.717) is 18.6 Å². The molecule has 0 saturated heterocycles. The number of nitrogens with one attached hydrogen (secondary N) is 1. The van der Waals surface area contributed by atoms with Crippen LogP contribution in [0.3, 0.4) is 0 Å². The molecular formula is C15H21NO4S. The Balaban J connectivity index is 2.46. The SMILES string of the molecule is COc1cccc(CCC(=O)NC(CCSC)C(=O)O)c1. The number of amides is 1. The summed E-state index contributed by atoms with van der Waals surface area (Å²) < 4.78 is 5.12. The van der Waals surface area contributed by atoms with Gasteiger partial charge in [-0.1, -0.05) is 12.1 Å². The number of methoxy groups -OCH3 is 1. The van der Waals surface area contributed by atoms with Crippen LogP contribution in [0.1, 0.15) is 18.4 Å². The molecule has 1 aromatic carbocycles. The van der Waals surface area contributed by atoms with E-state index in [4.69, 9.17) is 9.84 Å². The van der Waals surface area contributed by atoms with Crippen LogP contribution in [0.2, 0.25) is 0 Å². The Morgan fingerprint density at radius 2 is 2.19 bits per heavy atom. The summed E-state index contributed by atoms with van der Waals surface area (Å²) in [5.41, 5.74) is 0.987. The zero-order valence-corrected chi connectivity index (χ0v) is 13.1. The fraction of sp³-hybridized carbons (Fsp3) is 0.467. The van der Waals surface area contributed by atoms with E-state index < -0.39 is 12.0 Å². The molecule has 5 nitrogen and oxygen atoms in total. The summed E-state index contributed by atoms with van der Waals surface area (Å²) in [6.07, 6.45) is 3.15. The first-order chi connectivity index (χ1) is 10.1. The lowest BCUT2D eigenvalue weighted by atomic mass is 10.1. The Kier molecular flexibility index (Phi) is 7.68. The van der Waals surface area contributed by atoms with Gasteiger partial charge in [0.15, 0.2) is 0 Å². The van der Waals surface area contributed by atoms with Crippen molar-refractivity contribution in [2.75, 3.05) is 19.1 Å². The van der Waals surface area contributed by atoms with Gasteiger partial charge in [0.2, 0.25) is 5.91 Å². The van der Waals surface area contributed by atoms with E-state index in [0.717, 1.165) is 11.3 Å². The summed E-state index contributed by atoms with van der Waals surface area (Å²) in [5, 5.41) is 11.6. The van der Waals surface area contributed by atoms with Gasteiger partial charge in [-0.2, -0.15) is 11.8 Å². The van der Waals surface area contributed by atoms with E-state index >= 15 is 0 Å². The lowest BCUT2D eigenvalue weighted by Gasteiger charge is -2.14. The van der Waals surface area contributed by atoms with Crippen molar-refractivity contribution in [3.8, 4) is 5.75 Å². The summed E-state index contributed by atoms with van der Waals surface area (Å²) in [5.74, 6) is 0.217. The Morgan fingerprint density at radius 3 is 2.81 bits per heavy atom. The van der Waals surface area contributed by atoms with Crippen molar-refractivity contribution in [1.82, 2.24) is 5.32 Å². The summed E-state index contributed by atoms with van der Waals surface area (Å²) in [6.45, 7) is 0. The van der Waals surface area contributed by atoms with E-state index in [2.05, 4.69) is 5.32 Å². The molecule has 0 fully saturated rings. The molecule has 1 aromatic rings. The van der Waals surface area contributed by atoms with Gasteiger partial charge < -0.3 is 15.2 Å². The average Bonchev–Trinajstić information content (AvgIpc) is 2.49. The molecule has 0 aliphatic rings. The van der Waals surface area contributed by atoms with E-state index in [1.165, 1.54) is 0 Å². The lowest BCUT2D eigenvalue weighted by molar-refractivity contribution is -0.141. The minimum atomic E-state index is -0.987. The van der Waals surface area contributed by atoms with Crippen LogP contribution >= 0.6 is 11.8 Å². The number of carboxylic acids is 1. The first kappa shape index (κ1) is 17.4. The number of aliphatic carboxylic acids is 1. The molecule has 1 rings (SSSR count). The molecule has 2 N–H and O–H groups in total. The van der Waals surface area contributed by atoms with Gasteiger partial charge in [0.1, 0.15) is 11.8 Å². The smallest absolute Gasteiger partial charge is 0.326 e. The molecule has 116 valence electrons. The zero-order valence-electron chi connectivity index (χ0n) is 12.3. The van der Waals surface area contributed by atoms with E-state index in [1.807, 2.05) is 30.5 Å². The molecule has 0 heterocycles. The quantitative estimate of drug-likeness (QED) is 0.729. The Bertz CT molecular complexity index is 478. The van der Waals surface area contributed by atoms with E-state index in [9.17, 15) is 9.59 Å². The first-order valence-corrected chi connectivity index (χ1v) is 8.10. The molecule has 0 aliphatic carbocycles. The number of carboxylic acid groups (broad SMARTS) is 1. The van der Waals surface area contributed by atoms with Crippen LogP contribution in [0, 0.1) is 0 Å². The standard InChI is InChI=1S/C15H21NO4S/c1-20-12-5-3-4-11(10-12)6-7-14(17)16-13(15(18)19)8-9-21-2/h3-5,10,13H,6-9H2,1-2H3,(H,16,17)(H,18,19). The van der Waals surface area contributed by atoms with Gasteiger partial charge in [0, 0.05) is 6.42 Å². The van der Waals surface area contributed by atoms with Crippen LogP contribution in [0.15, 0.2) is 24.3 Å². The third-order valence-corrected chi connectivity index (χ3v) is 3.66. The van der Waals surface area contributed by atoms with Crippen LogP contribution in [0.4, 0.5) is 0 Å². The first-order valence-electron chi connectivity index (χ1n) is 6.71. The topological polar surface area (TPSA) is 75.6 Å². The highest BCUT2D eigenvalue weighted by Gasteiger charge is 2.19. The highest BCUT2D eigenvalue weighted by atomic mass is 32.2. The maximum Gasteiger partial charge on any atom is 0.326 e. The van der Waals surface area contributed by atoms with Crippen molar-refractivity contribution in [1.29, 1.82) is 0 Å². The lowest BCUT2D eigenvalue weighted by Crippen LogP contribution is -2.41. The van der Waals surface area contributed by atoms with E-state index in [1.54, 1.807) is 18.9 Å². The number of carbonyl (C=O) groups is 2. The molecule has 21 heavy (non-hydrogen) atoms. The fourth-order valence-corrected chi connectivity index (χ4v) is 2.32. The predicted molar refractivity (Wildman–Crippen MR) is 83.9 cm³/mol. The highest BCUT2D eigenvalue weighted by molar-refractivity contribution is 7.98. The number of hydrogen-bond acceptors (Lipinski definition) is 4. The monoisotopic (exact) mass is 311 g/mol. The van der Waals surface area contributed by atoms with Crippen molar-refractivity contribution < 1.29 is 19.4 Å². The second kappa shape index (κ2) is 9.28. The molecule has 0 saturated carbocycles. The molecule has 1 amide bonds. The minimum absolute atomic E-state index is 0.244. The molecule has 0 bridgehead atoms. The molecule has 1 unspecified atom stereocenters. The van der Waals surface area contributed by atoms with Gasteiger partial charge in [-0.25, -0.2) is 4.79 Å². The minimum Gasteiger partial charge on any atom is -0.497 e. The number of ether oxygens (including phenoxy) is 1. The highest BCUT2D eigenvalue weighted by Crippen LogP contribution is 2.14. The van der Waals surface area contributed by atoms with Gasteiger partial charge in [-0.05, 0) is 42.5 Å². The molecule has 0 spiro atoms. The van der Waals surface area contributed by atoms with Crippen molar-refractivity contribution in [2.24, 2.45) is 0 Å². The van der Waals surface area contributed by atoms with Crippen LogP contribution in [-0.4, -0.2) is 42.1 Å². The molecule has 0 radical (unpaired) electrons. The van der Waals surface area contributed by atoms with Crippen molar-refractivity contribution >= 4 is 23.6 Å². The van der Waals surface area contributed by atoms with Gasteiger partial charge in [0.25, 0.3) is 0 Å². The van der Waals surface area contributed by atoms with Crippen LogP contribution in [-0.2, 0) is 16.0 Å². The second-order valence-electron chi connectivity index (χ2n) is 4.59. The molecule has 1 atom stereocenters. The molecule has 0 aliphatic heterocycles. The molecule has 0 aromatic heterocycles. The predicted octanol–water partition coefficient (Wildman–Crippen LogP) is 1.95. The summed E-state index contributed by atoms with van der Waals surface area (Å²) in [6, 6.07) is 6.68. The Morgan fingerprint density at radius 1 is 1.43 bits per heavy atom. The molecular weight excluding hydrogens is 290 g/mol. The number of aryl methyl sites for hydroxylation is 1. The number of rotatable bonds is 9. The van der Waals surface area contributed by atoms with Crippen molar-refractivity contribution in [3.63, 3.8) is 0 Å². The second-order valence-corrected chi connectivity index (χ2v) is 5.58. The Labute approximate surface area is 129 Å². The van der Waals surface area contributed by atoms with Gasteiger partial charge >= 0.3 is 5.97 Å². The maximum atomic E-state index is 11.8. The number of hydrogen-bond donors (Lipinski definition) is 2. The zero-order chi connectivity index (χ0) is 15.7. The summed E-state index contributed by atoms with van der Waals surface area (Å²) in [7, 11) is 1.59. The largest absolute Gasteiger partial charge is 0.497 e. The fourth-order valence-electron chi connectivity index (χ4n) is 1.85. The number of thioether (sulfide) groups is 1. The number of carbonyl (C=O) groups excluding carboxylic acids is 1. The summed E-state index contributed by atoms with van der Waals surface area (Å²) >= 11 is 1.56. The Hall–Kier alpha value is -1.69.